The van der Waals surface area contributed by atoms with Crippen LogP contribution < -0.4 is 0 Å². The highest BCUT2D eigenvalue weighted by atomic mass is 16.6. The summed E-state index contributed by atoms with van der Waals surface area (Å²) in [6.07, 6.45) is -0.997. The summed E-state index contributed by atoms with van der Waals surface area (Å²) in [4.78, 5) is 25.7. The maximum Gasteiger partial charge on any atom is 0.412 e. The molecule has 0 aromatic heterocycles. The first kappa shape index (κ1) is 18.3. The van der Waals surface area contributed by atoms with Crippen molar-refractivity contribution in [3.63, 3.8) is 0 Å². The van der Waals surface area contributed by atoms with Gasteiger partial charge in [0.05, 0.1) is 11.6 Å². The van der Waals surface area contributed by atoms with Crippen LogP contribution in [0.25, 0.3) is 0 Å². The monoisotopic (exact) mass is 335 g/mol. The zero-order valence-corrected chi connectivity index (χ0v) is 14.6. The van der Waals surface area contributed by atoms with Crippen LogP contribution >= 0.6 is 0 Å². The fraction of sp³-hybridized carbons (Fsp3) is 0.556. The van der Waals surface area contributed by atoms with E-state index in [1.807, 2.05) is 13.0 Å². The van der Waals surface area contributed by atoms with Crippen LogP contribution in [0.1, 0.15) is 44.5 Å². The molecule has 0 aliphatic carbocycles. The number of ether oxygens (including phenoxy) is 2. The molecular formula is C18H25NO5. The van der Waals surface area contributed by atoms with Crippen molar-refractivity contribution in [2.24, 2.45) is 5.92 Å². The van der Waals surface area contributed by atoms with Crippen molar-refractivity contribution >= 4 is 12.1 Å². The Hall–Kier alpha value is -2.08. The first-order chi connectivity index (χ1) is 11.2. The third-order valence-corrected chi connectivity index (χ3v) is 3.85. The molecule has 0 bridgehead atoms. The third-order valence-electron chi connectivity index (χ3n) is 3.85. The molecule has 1 amide bonds. The van der Waals surface area contributed by atoms with E-state index in [1.54, 1.807) is 45.0 Å². The number of nitrogens with zero attached hydrogens (tertiary/aromatic N) is 1. The average Bonchev–Trinajstić information content (AvgIpc) is 2.79. The maximum absolute atomic E-state index is 12.3. The van der Waals surface area contributed by atoms with E-state index in [-0.39, 0.29) is 12.5 Å². The van der Waals surface area contributed by atoms with Crippen molar-refractivity contribution < 1.29 is 24.2 Å². The number of likely N-dealkylation sites (tertiary alicyclic amines) is 1. The Morgan fingerprint density at radius 2 is 1.88 bits per heavy atom. The van der Waals surface area contributed by atoms with Crippen molar-refractivity contribution in [1.29, 1.82) is 0 Å². The van der Waals surface area contributed by atoms with Gasteiger partial charge in [-0.1, -0.05) is 25.1 Å². The largest absolute Gasteiger partial charge is 0.460 e. The van der Waals surface area contributed by atoms with Gasteiger partial charge >= 0.3 is 12.1 Å². The topological polar surface area (TPSA) is 76.1 Å². The lowest BCUT2D eigenvalue weighted by Crippen LogP contribution is -2.46. The quantitative estimate of drug-likeness (QED) is 0.860. The number of carbonyl (C=O) groups excluding carboxylic acids is 2. The molecule has 1 aromatic rings. The van der Waals surface area contributed by atoms with E-state index in [0.717, 1.165) is 0 Å². The van der Waals surface area contributed by atoms with E-state index in [4.69, 9.17) is 9.47 Å². The molecule has 3 unspecified atom stereocenters. The van der Waals surface area contributed by atoms with Crippen LogP contribution in [0.15, 0.2) is 30.3 Å². The van der Waals surface area contributed by atoms with Gasteiger partial charge in [-0.25, -0.2) is 9.59 Å². The lowest BCUT2D eigenvalue weighted by Gasteiger charge is -2.30. The van der Waals surface area contributed by atoms with Gasteiger partial charge in [0.15, 0.2) is 0 Å². The Balaban J connectivity index is 2.02. The summed E-state index contributed by atoms with van der Waals surface area (Å²) in [5, 5.41) is 10.3. The first-order valence-corrected chi connectivity index (χ1v) is 8.10. The number of benzene rings is 1. The van der Waals surface area contributed by atoms with E-state index in [0.29, 0.717) is 12.0 Å². The molecule has 132 valence electrons. The SMILES string of the molecule is CC1CC(COC(=O)c2ccccc2)N(C(=O)OC(C)(C)C)C1O. The standard InChI is InChI=1S/C18H25NO5/c1-12-10-14(11-23-16(21)13-8-6-5-7-9-13)19(15(12)20)17(22)24-18(2,3)4/h5-9,12,14-15,20H,10-11H2,1-4H3. The van der Waals surface area contributed by atoms with Crippen LogP contribution in [0.2, 0.25) is 0 Å². The Kier molecular flexibility index (Phi) is 5.49. The van der Waals surface area contributed by atoms with Crippen molar-refractivity contribution in [3.8, 4) is 0 Å². The van der Waals surface area contributed by atoms with Gasteiger partial charge in [-0.15, -0.1) is 0 Å². The maximum atomic E-state index is 12.3. The predicted molar refractivity (Wildman–Crippen MR) is 88.4 cm³/mol. The summed E-state index contributed by atoms with van der Waals surface area (Å²) in [5.41, 5.74) is -0.207. The molecular weight excluding hydrogens is 310 g/mol. The Labute approximate surface area is 142 Å². The van der Waals surface area contributed by atoms with Crippen LogP contribution in [0, 0.1) is 5.92 Å². The molecule has 1 aromatic carbocycles. The fourth-order valence-corrected chi connectivity index (χ4v) is 2.70. The highest BCUT2D eigenvalue weighted by molar-refractivity contribution is 5.89. The molecule has 0 spiro atoms. The number of aliphatic hydroxyl groups is 1. The van der Waals surface area contributed by atoms with Gasteiger partial charge in [0.1, 0.15) is 18.4 Å². The Morgan fingerprint density at radius 3 is 2.46 bits per heavy atom. The molecule has 24 heavy (non-hydrogen) atoms. The molecule has 6 heteroatoms. The molecule has 2 rings (SSSR count). The zero-order chi connectivity index (χ0) is 17.9. The number of hydrogen-bond donors (Lipinski definition) is 1. The molecule has 1 aliphatic rings. The van der Waals surface area contributed by atoms with Gasteiger partial charge in [0, 0.05) is 5.92 Å². The van der Waals surface area contributed by atoms with Crippen LogP contribution in [0.5, 0.6) is 0 Å². The van der Waals surface area contributed by atoms with Crippen LogP contribution in [-0.4, -0.2) is 46.5 Å². The Morgan fingerprint density at radius 1 is 1.25 bits per heavy atom. The van der Waals surface area contributed by atoms with E-state index in [2.05, 4.69) is 0 Å². The normalized spacial score (nSPS) is 23.9. The minimum atomic E-state index is -0.944. The molecule has 6 nitrogen and oxygen atoms in total. The highest BCUT2D eigenvalue weighted by Gasteiger charge is 2.43. The second-order valence-electron chi connectivity index (χ2n) is 7.13. The van der Waals surface area contributed by atoms with Crippen LogP contribution in [0.3, 0.4) is 0 Å². The number of carbonyl (C=O) groups is 2. The lowest BCUT2D eigenvalue weighted by atomic mass is 10.1. The Bertz CT molecular complexity index is 581. The average molecular weight is 335 g/mol. The van der Waals surface area contributed by atoms with E-state index in [9.17, 15) is 14.7 Å². The van der Waals surface area contributed by atoms with Crippen LogP contribution in [-0.2, 0) is 9.47 Å². The molecule has 1 saturated heterocycles. The lowest BCUT2D eigenvalue weighted by molar-refractivity contribution is -0.0412. The fourth-order valence-electron chi connectivity index (χ4n) is 2.70. The third kappa shape index (κ3) is 4.47. The van der Waals surface area contributed by atoms with E-state index >= 15 is 0 Å². The molecule has 0 radical (unpaired) electrons. The van der Waals surface area contributed by atoms with Crippen molar-refractivity contribution in [2.75, 3.05) is 6.61 Å². The van der Waals surface area contributed by atoms with Crippen molar-refractivity contribution in [3.05, 3.63) is 35.9 Å². The number of esters is 1. The second-order valence-corrected chi connectivity index (χ2v) is 7.13. The first-order valence-electron chi connectivity index (χ1n) is 8.10. The molecule has 3 atom stereocenters. The zero-order valence-electron chi connectivity index (χ0n) is 14.6. The van der Waals surface area contributed by atoms with Gasteiger partial charge in [-0.2, -0.15) is 0 Å². The summed E-state index contributed by atoms with van der Waals surface area (Å²) in [6.45, 7) is 7.17. The highest BCUT2D eigenvalue weighted by Crippen LogP contribution is 2.30. The number of rotatable bonds is 3. The van der Waals surface area contributed by atoms with Gasteiger partial charge in [0.25, 0.3) is 0 Å². The summed E-state index contributed by atoms with van der Waals surface area (Å²) in [5.74, 6) is -0.563. The molecule has 0 saturated carbocycles. The summed E-state index contributed by atoms with van der Waals surface area (Å²) in [6, 6.07) is 8.25. The molecule has 1 heterocycles. The van der Waals surface area contributed by atoms with Gasteiger partial charge in [-0.3, -0.25) is 4.90 Å². The minimum Gasteiger partial charge on any atom is -0.460 e. The summed E-state index contributed by atoms with van der Waals surface area (Å²) >= 11 is 0. The summed E-state index contributed by atoms with van der Waals surface area (Å²) in [7, 11) is 0. The molecule has 1 N–H and O–H groups in total. The van der Waals surface area contributed by atoms with Gasteiger partial charge in [-0.05, 0) is 39.3 Å². The van der Waals surface area contributed by atoms with Gasteiger partial charge < -0.3 is 14.6 Å². The van der Waals surface area contributed by atoms with E-state index in [1.165, 1.54) is 4.90 Å². The van der Waals surface area contributed by atoms with Crippen molar-refractivity contribution in [1.82, 2.24) is 4.90 Å². The molecule has 1 fully saturated rings. The smallest absolute Gasteiger partial charge is 0.412 e. The van der Waals surface area contributed by atoms with Gasteiger partial charge in [0.2, 0.25) is 0 Å². The number of hydrogen-bond acceptors (Lipinski definition) is 5. The van der Waals surface area contributed by atoms with Crippen LogP contribution in [0.4, 0.5) is 4.79 Å². The number of amides is 1. The second kappa shape index (κ2) is 7.21. The van der Waals surface area contributed by atoms with E-state index < -0.39 is 29.9 Å². The predicted octanol–water partition coefficient (Wildman–Crippen LogP) is 2.81. The number of aliphatic hydroxyl groups excluding tert-OH is 1. The molecule has 1 aliphatic heterocycles. The van der Waals surface area contributed by atoms with Crippen molar-refractivity contribution in [2.45, 2.75) is 52.0 Å². The summed E-state index contributed by atoms with van der Waals surface area (Å²) < 4.78 is 10.7. The minimum absolute atomic E-state index is 0.0222.